The molecule has 0 unspecified atom stereocenters. The molecule has 1 fully saturated rings. The summed E-state index contributed by atoms with van der Waals surface area (Å²) in [4.78, 5) is 0. The molecule has 0 saturated carbocycles. The second kappa shape index (κ2) is 7.69. The summed E-state index contributed by atoms with van der Waals surface area (Å²) in [5.41, 5.74) is 0. The fourth-order valence-electron chi connectivity index (χ4n) is 2.18. The second-order valence-electron chi connectivity index (χ2n) is 5.55. The average Bonchev–Trinajstić information content (AvgIpc) is 2.67. The molecule has 4 atom stereocenters. The van der Waals surface area contributed by atoms with Gasteiger partial charge in [0, 0.05) is 0 Å². The van der Waals surface area contributed by atoms with Gasteiger partial charge in [0.1, 0.15) is 24.4 Å². The van der Waals surface area contributed by atoms with Gasteiger partial charge in [0.05, 0.1) is 24.3 Å². The van der Waals surface area contributed by atoms with Crippen LogP contribution in [0.2, 0.25) is 0 Å². The first kappa shape index (κ1) is 21.4. The van der Waals surface area contributed by atoms with E-state index >= 15 is 0 Å². The Hall–Kier alpha value is 0.320. The third kappa shape index (κ3) is 6.99. The quantitative estimate of drug-likeness (QED) is 0.421. The van der Waals surface area contributed by atoms with Crippen LogP contribution in [0.15, 0.2) is 0 Å². The van der Waals surface area contributed by atoms with Crippen LogP contribution in [0.3, 0.4) is 0 Å². The zero-order chi connectivity index (χ0) is 18.1. The predicted molar refractivity (Wildman–Crippen MR) is 84.7 cm³/mol. The number of hydrogen-bond donors (Lipinski definition) is 0. The molecule has 12 heteroatoms. The summed E-state index contributed by atoms with van der Waals surface area (Å²) >= 11 is 11.6. The Balaban J connectivity index is 3.10. The maximum atomic E-state index is 11.4. The van der Waals surface area contributed by atoms with Crippen molar-refractivity contribution >= 4 is 43.4 Å². The molecule has 0 amide bonds. The van der Waals surface area contributed by atoms with Crippen LogP contribution in [-0.2, 0) is 38.1 Å². The monoisotopic (exact) mass is 414 g/mol. The van der Waals surface area contributed by atoms with Crippen molar-refractivity contribution in [2.45, 2.75) is 44.1 Å². The first-order chi connectivity index (χ1) is 10.3. The molecule has 0 aromatic rings. The van der Waals surface area contributed by atoms with Crippen molar-refractivity contribution in [3.8, 4) is 0 Å². The van der Waals surface area contributed by atoms with Gasteiger partial charge in [-0.3, -0.25) is 8.37 Å². The normalized spacial score (nSPS) is 27.7. The van der Waals surface area contributed by atoms with Gasteiger partial charge in [0.15, 0.2) is 5.79 Å². The molecule has 138 valence electrons. The summed E-state index contributed by atoms with van der Waals surface area (Å²) < 4.78 is 66.5. The maximum absolute atomic E-state index is 11.4. The van der Waals surface area contributed by atoms with Crippen LogP contribution in [0.1, 0.15) is 13.8 Å². The fraction of sp³-hybridized carbons (Fsp3) is 1.00. The highest BCUT2D eigenvalue weighted by Crippen LogP contribution is 2.35. The van der Waals surface area contributed by atoms with Gasteiger partial charge in [0.2, 0.25) is 0 Å². The zero-order valence-corrected chi connectivity index (χ0v) is 16.2. The van der Waals surface area contributed by atoms with Crippen molar-refractivity contribution in [2.75, 3.05) is 24.3 Å². The highest BCUT2D eigenvalue weighted by atomic mass is 35.5. The Bertz CT molecular complexity index is 552. The van der Waals surface area contributed by atoms with E-state index in [4.69, 9.17) is 41.0 Å². The van der Waals surface area contributed by atoms with Crippen molar-refractivity contribution in [2.24, 2.45) is 0 Å². The molecule has 1 aliphatic rings. The Morgan fingerprint density at radius 2 is 1.22 bits per heavy atom. The standard InChI is InChI=1S/C11H20Cl2O8S2/c1-11(2)18-9(7(5-12)20-22(3,14)15)10(19-11)8(6-13)21-23(4,16)17/h7-10H,5-6H2,1-4H3/t7-,8-,9-,10-/m1/s1. The van der Waals surface area contributed by atoms with Crippen LogP contribution in [0.5, 0.6) is 0 Å². The highest BCUT2D eigenvalue weighted by Gasteiger charge is 2.50. The first-order valence-electron chi connectivity index (χ1n) is 6.52. The molecule has 8 nitrogen and oxygen atoms in total. The maximum Gasteiger partial charge on any atom is 0.264 e. The second-order valence-corrected chi connectivity index (χ2v) is 9.37. The van der Waals surface area contributed by atoms with E-state index in [1.54, 1.807) is 13.8 Å². The molecule has 0 aliphatic carbocycles. The van der Waals surface area contributed by atoms with Gasteiger partial charge in [-0.2, -0.15) is 16.8 Å². The van der Waals surface area contributed by atoms with Gasteiger partial charge in [0.25, 0.3) is 20.2 Å². The third-order valence-corrected chi connectivity index (χ3v) is 4.60. The smallest absolute Gasteiger partial charge is 0.264 e. The molecule has 1 saturated heterocycles. The molecule has 0 aromatic carbocycles. The van der Waals surface area contributed by atoms with Gasteiger partial charge in [-0.1, -0.05) is 0 Å². The van der Waals surface area contributed by atoms with E-state index in [2.05, 4.69) is 0 Å². The number of hydrogen-bond acceptors (Lipinski definition) is 8. The van der Waals surface area contributed by atoms with E-state index in [0.29, 0.717) is 0 Å². The number of rotatable bonds is 8. The molecule has 1 rings (SSSR count). The van der Waals surface area contributed by atoms with Crippen LogP contribution in [0.25, 0.3) is 0 Å². The van der Waals surface area contributed by atoms with Crippen molar-refractivity contribution in [1.82, 2.24) is 0 Å². The van der Waals surface area contributed by atoms with Crippen molar-refractivity contribution in [3.63, 3.8) is 0 Å². The van der Waals surface area contributed by atoms with Crippen LogP contribution >= 0.6 is 23.2 Å². The van der Waals surface area contributed by atoms with E-state index < -0.39 is 50.4 Å². The van der Waals surface area contributed by atoms with E-state index in [1.807, 2.05) is 0 Å². The largest absolute Gasteiger partial charge is 0.342 e. The van der Waals surface area contributed by atoms with E-state index in [1.165, 1.54) is 0 Å². The Kier molecular flexibility index (Phi) is 7.14. The molecule has 1 heterocycles. The lowest BCUT2D eigenvalue weighted by Crippen LogP contribution is -2.47. The molecule has 0 spiro atoms. The fourth-order valence-corrected chi connectivity index (χ4v) is 4.06. The summed E-state index contributed by atoms with van der Waals surface area (Å²) in [6, 6.07) is 0. The summed E-state index contributed by atoms with van der Waals surface area (Å²) in [5, 5.41) is 0. The van der Waals surface area contributed by atoms with Crippen LogP contribution < -0.4 is 0 Å². The van der Waals surface area contributed by atoms with Gasteiger partial charge < -0.3 is 9.47 Å². The molecule has 0 radical (unpaired) electrons. The lowest BCUT2D eigenvalue weighted by Gasteiger charge is -2.27. The molecule has 1 aliphatic heterocycles. The van der Waals surface area contributed by atoms with Crippen molar-refractivity contribution in [1.29, 1.82) is 0 Å². The summed E-state index contributed by atoms with van der Waals surface area (Å²) in [5.74, 6) is -1.56. The Morgan fingerprint density at radius 3 is 1.43 bits per heavy atom. The highest BCUT2D eigenvalue weighted by molar-refractivity contribution is 7.86. The Morgan fingerprint density at radius 1 is 0.913 bits per heavy atom. The minimum absolute atomic E-state index is 0.221. The Labute approximate surface area is 146 Å². The summed E-state index contributed by atoms with van der Waals surface area (Å²) in [7, 11) is -7.63. The predicted octanol–water partition coefficient (Wildman–Crippen LogP) is 0.674. The van der Waals surface area contributed by atoms with E-state index in [0.717, 1.165) is 12.5 Å². The summed E-state index contributed by atoms with van der Waals surface area (Å²) in [6.45, 7) is 3.16. The molecule has 0 aromatic heterocycles. The number of ether oxygens (including phenoxy) is 2. The molecular weight excluding hydrogens is 395 g/mol. The van der Waals surface area contributed by atoms with Crippen molar-refractivity contribution in [3.05, 3.63) is 0 Å². The van der Waals surface area contributed by atoms with E-state index in [9.17, 15) is 16.8 Å². The summed E-state index contributed by atoms with van der Waals surface area (Å²) in [6.07, 6.45) is -2.41. The van der Waals surface area contributed by atoms with Gasteiger partial charge in [-0.15, -0.1) is 23.2 Å². The van der Waals surface area contributed by atoms with Crippen LogP contribution in [-0.4, -0.2) is 71.3 Å². The van der Waals surface area contributed by atoms with Gasteiger partial charge in [-0.25, -0.2) is 0 Å². The van der Waals surface area contributed by atoms with E-state index in [-0.39, 0.29) is 11.8 Å². The molecule has 23 heavy (non-hydrogen) atoms. The SMILES string of the molecule is CC1(C)O[C@H]([C@@H](CCl)OS(C)(=O)=O)[C@@H]([C@@H](CCl)OS(C)(=O)=O)O1. The minimum Gasteiger partial charge on any atom is -0.342 e. The topological polar surface area (TPSA) is 105 Å². The average molecular weight is 415 g/mol. The molecular formula is C11H20Cl2O8S2. The lowest BCUT2D eigenvalue weighted by molar-refractivity contribution is -0.156. The zero-order valence-electron chi connectivity index (χ0n) is 13.1. The molecule has 0 N–H and O–H groups in total. The first-order valence-corrected chi connectivity index (χ1v) is 11.2. The lowest BCUT2D eigenvalue weighted by atomic mass is 10.1. The van der Waals surface area contributed by atoms with Gasteiger partial charge in [-0.05, 0) is 13.8 Å². The van der Waals surface area contributed by atoms with Gasteiger partial charge >= 0.3 is 0 Å². The minimum atomic E-state index is -3.81. The number of halogens is 2. The van der Waals surface area contributed by atoms with Crippen LogP contribution in [0, 0.1) is 0 Å². The number of alkyl halides is 2. The molecule has 0 bridgehead atoms. The van der Waals surface area contributed by atoms with Crippen LogP contribution in [0.4, 0.5) is 0 Å². The van der Waals surface area contributed by atoms with Crippen molar-refractivity contribution < 1.29 is 34.7 Å². The third-order valence-electron chi connectivity index (χ3n) is 2.80.